The molecule has 4 aromatic carbocycles. The average Bonchev–Trinajstić information content (AvgIpc) is 4.12. The van der Waals surface area contributed by atoms with Gasteiger partial charge in [0.1, 0.15) is 23.0 Å². The molecule has 3 heterocycles. The van der Waals surface area contributed by atoms with E-state index in [0.29, 0.717) is 42.9 Å². The van der Waals surface area contributed by atoms with E-state index in [1.54, 1.807) is 0 Å². The van der Waals surface area contributed by atoms with E-state index >= 15 is 0 Å². The first-order chi connectivity index (χ1) is 27.5. The van der Waals surface area contributed by atoms with E-state index in [0.717, 1.165) is 91.9 Å². The van der Waals surface area contributed by atoms with Crippen LogP contribution >= 0.6 is 0 Å². The van der Waals surface area contributed by atoms with Crippen LogP contribution in [0.5, 0.6) is 35.0 Å². The van der Waals surface area contributed by atoms with Crippen LogP contribution in [0.15, 0.2) is 97.1 Å². The van der Waals surface area contributed by atoms with Gasteiger partial charge in [0.2, 0.25) is 5.95 Å². The van der Waals surface area contributed by atoms with Crippen LogP contribution in [0.1, 0.15) is 79.6 Å². The number of epoxide rings is 2. The molecule has 2 saturated heterocycles. The zero-order chi connectivity index (χ0) is 39.7. The first kappa shape index (κ1) is 40.0. The third-order valence-corrected chi connectivity index (χ3v) is 9.70. The zero-order valence-electron chi connectivity index (χ0n) is 34.0. The van der Waals surface area contributed by atoms with Crippen LogP contribution in [0.4, 0.5) is 5.95 Å². The van der Waals surface area contributed by atoms with E-state index in [1.807, 2.05) is 72.8 Å². The van der Waals surface area contributed by atoms with Crippen LogP contribution in [0, 0.1) is 5.41 Å². The van der Waals surface area contributed by atoms with Gasteiger partial charge in [0.25, 0.3) is 0 Å². The molecule has 1 aromatic heterocycles. The third kappa shape index (κ3) is 13.2. The number of benzene rings is 4. The summed E-state index contributed by atoms with van der Waals surface area (Å²) in [6, 6.07) is 32.3. The number of ether oxygens (including phenoxy) is 6. The molecule has 57 heavy (non-hydrogen) atoms. The van der Waals surface area contributed by atoms with E-state index in [4.69, 9.17) is 28.4 Å². The summed E-state index contributed by atoms with van der Waals surface area (Å²) in [5.41, 5.74) is 4.06. The normalized spacial score (nSPS) is 16.2. The minimum Gasteiger partial charge on any atom is -0.494 e. The maximum absolute atomic E-state index is 6.22. The lowest BCUT2D eigenvalue weighted by atomic mass is 9.82. The summed E-state index contributed by atoms with van der Waals surface area (Å²) in [5.74, 6) is 3.31. The minimum absolute atomic E-state index is 0.0862. The van der Waals surface area contributed by atoms with Crippen LogP contribution in [-0.2, 0) is 9.47 Å². The van der Waals surface area contributed by atoms with Gasteiger partial charge in [-0.3, -0.25) is 0 Å². The summed E-state index contributed by atoms with van der Waals surface area (Å²) in [4.78, 5) is 13.9. The highest BCUT2D eigenvalue weighted by Crippen LogP contribution is 2.32. The maximum atomic E-state index is 6.22. The Morgan fingerprint density at radius 2 is 0.895 bits per heavy atom. The van der Waals surface area contributed by atoms with Crippen LogP contribution in [-0.4, -0.2) is 59.1 Å². The van der Waals surface area contributed by atoms with Gasteiger partial charge in [0.15, 0.2) is 0 Å². The molecule has 10 heteroatoms. The largest absolute Gasteiger partial charge is 0.494 e. The Bertz CT molecular complexity index is 1880. The molecule has 0 spiro atoms. The van der Waals surface area contributed by atoms with E-state index in [1.165, 1.54) is 0 Å². The molecule has 0 aliphatic carbocycles. The summed E-state index contributed by atoms with van der Waals surface area (Å²) < 4.78 is 34.9. The molecular weight excluding hydrogens is 717 g/mol. The topological polar surface area (TPSA) is 113 Å². The van der Waals surface area contributed by atoms with Crippen LogP contribution in [0.2, 0.25) is 0 Å². The van der Waals surface area contributed by atoms with Gasteiger partial charge in [-0.15, -0.1) is 4.98 Å². The Morgan fingerprint density at radius 1 is 0.526 bits per heavy atom. The first-order valence-electron chi connectivity index (χ1n) is 20.3. The molecule has 2 aliphatic heterocycles. The van der Waals surface area contributed by atoms with E-state index in [9.17, 15) is 0 Å². The molecule has 300 valence electrons. The Kier molecular flexibility index (Phi) is 12.9. The van der Waals surface area contributed by atoms with Crippen molar-refractivity contribution in [1.29, 1.82) is 0 Å². The molecule has 0 saturated carbocycles. The highest BCUT2D eigenvalue weighted by Gasteiger charge is 2.27. The fourth-order valence-electron chi connectivity index (χ4n) is 7.08. The molecular formula is C47H56N4O6. The second-order valence-electron chi connectivity index (χ2n) is 16.9. The van der Waals surface area contributed by atoms with Gasteiger partial charge in [-0.1, -0.05) is 69.3 Å². The van der Waals surface area contributed by atoms with E-state index in [2.05, 4.69) is 79.2 Å². The number of anilines is 1. The van der Waals surface area contributed by atoms with Crippen LogP contribution in [0.25, 0.3) is 22.3 Å². The number of rotatable bonds is 21. The van der Waals surface area contributed by atoms with Crippen molar-refractivity contribution >= 4 is 5.95 Å². The van der Waals surface area contributed by atoms with Crippen molar-refractivity contribution < 1.29 is 28.4 Å². The standard InChI is InChI=1S/C47H56N4O6/c1-46(2,3)32-47(4,5)51-43-48-44(56-39-24-16-35(17-25-39)33-12-20-37(21-13-33)52-28-8-6-10-41-30-54-41)50-45(49-43)57-40-26-18-36(19-27-40)34-14-22-38(23-15-34)53-29-9-7-11-42-31-55-42/h12-27,41-42H,6-11,28-32H2,1-5H3,(H,48,49,50,51). The SMILES string of the molecule is CC(C)(C)CC(C)(C)Nc1nc(Oc2ccc(-c3ccc(OCCCCC4CO4)cc3)cc2)nc(Oc2ccc(-c3ccc(OCCCCC4CO4)cc3)cc2)n1. The maximum Gasteiger partial charge on any atom is 0.330 e. The van der Waals surface area contributed by atoms with E-state index in [-0.39, 0.29) is 23.0 Å². The Hall–Kier alpha value is -5.19. The Labute approximate surface area is 337 Å². The van der Waals surface area contributed by atoms with Crippen LogP contribution in [0.3, 0.4) is 0 Å². The summed E-state index contributed by atoms with van der Waals surface area (Å²) in [6.45, 7) is 14.2. The smallest absolute Gasteiger partial charge is 0.330 e. The zero-order valence-corrected chi connectivity index (χ0v) is 34.0. The molecule has 5 aromatic rings. The van der Waals surface area contributed by atoms with Crippen molar-refractivity contribution in [2.24, 2.45) is 5.41 Å². The van der Waals surface area contributed by atoms with Crippen molar-refractivity contribution in [3.63, 3.8) is 0 Å². The average molecular weight is 773 g/mol. The summed E-state index contributed by atoms with van der Waals surface area (Å²) in [5, 5.41) is 3.50. The second-order valence-corrected chi connectivity index (χ2v) is 16.9. The summed E-state index contributed by atoms with van der Waals surface area (Å²) >= 11 is 0. The number of aromatic nitrogens is 3. The minimum atomic E-state index is -0.310. The van der Waals surface area contributed by atoms with Crippen LogP contribution < -0.4 is 24.3 Å². The molecule has 2 unspecified atom stereocenters. The highest BCUT2D eigenvalue weighted by atomic mass is 16.6. The lowest BCUT2D eigenvalue weighted by Crippen LogP contribution is -2.36. The van der Waals surface area contributed by atoms with Crippen molar-refractivity contribution in [1.82, 2.24) is 15.0 Å². The lowest BCUT2D eigenvalue weighted by molar-refractivity contribution is 0.299. The van der Waals surface area contributed by atoms with Gasteiger partial charge < -0.3 is 33.7 Å². The quantitative estimate of drug-likeness (QED) is 0.0571. The monoisotopic (exact) mass is 772 g/mol. The highest BCUT2D eigenvalue weighted by molar-refractivity contribution is 5.66. The third-order valence-electron chi connectivity index (χ3n) is 9.70. The number of nitrogens with zero attached hydrogens (tertiary/aromatic N) is 3. The molecule has 0 radical (unpaired) electrons. The summed E-state index contributed by atoms with van der Waals surface area (Å²) in [6.07, 6.45) is 8.40. The van der Waals surface area contributed by atoms with Crippen molar-refractivity contribution in [3.8, 4) is 57.3 Å². The molecule has 0 amide bonds. The van der Waals surface area contributed by atoms with Gasteiger partial charge in [-0.05, 0) is 135 Å². The number of unbranched alkanes of at least 4 members (excludes halogenated alkanes) is 2. The fourth-order valence-corrected chi connectivity index (χ4v) is 7.08. The predicted molar refractivity (Wildman–Crippen MR) is 224 cm³/mol. The van der Waals surface area contributed by atoms with Crippen molar-refractivity contribution in [2.75, 3.05) is 31.7 Å². The Morgan fingerprint density at radius 3 is 1.25 bits per heavy atom. The van der Waals surface area contributed by atoms with Gasteiger partial charge in [0.05, 0.1) is 38.6 Å². The number of hydrogen-bond donors (Lipinski definition) is 1. The molecule has 10 nitrogen and oxygen atoms in total. The molecule has 2 fully saturated rings. The van der Waals surface area contributed by atoms with Gasteiger partial charge in [-0.25, -0.2) is 0 Å². The second kappa shape index (κ2) is 18.4. The first-order valence-corrected chi connectivity index (χ1v) is 20.3. The molecule has 2 aliphatic rings. The number of nitrogens with one attached hydrogen (secondary N) is 1. The molecule has 2 atom stereocenters. The molecule has 0 bridgehead atoms. The van der Waals surface area contributed by atoms with Gasteiger partial charge >= 0.3 is 12.0 Å². The van der Waals surface area contributed by atoms with Crippen molar-refractivity contribution in [3.05, 3.63) is 97.1 Å². The van der Waals surface area contributed by atoms with Gasteiger partial charge in [0, 0.05) is 5.54 Å². The van der Waals surface area contributed by atoms with Crippen molar-refractivity contribution in [2.45, 2.75) is 97.3 Å². The van der Waals surface area contributed by atoms with Gasteiger partial charge in [-0.2, -0.15) is 9.97 Å². The fraction of sp³-hybridized carbons (Fsp3) is 0.426. The number of hydrogen-bond acceptors (Lipinski definition) is 10. The van der Waals surface area contributed by atoms with E-state index < -0.39 is 0 Å². The lowest BCUT2D eigenvalue weighted by Gasteiger charge is -2.33. The summed E-state index contributed by atoms with van der Waals surface area (Å²) in [7, 11) is 0. The molecule has 7 rings (SSSR count). The Balaban J connectivity index is 0.986. The predicted octanol–water partition coefficient (Wildman–Crippen LogP) is 11.3. The molecule has 1 N–H and O–H groups in total.